The van der Waals surface area contributed by atoms with E-state index >= 15 is 0 Å². The van der Waals surface area contributed by atoms with Gasteiger partial charge in [-0.3, -0.25) is 4.79 Å². The minimum absolute atomic E-state index is 0.0420. The van der Waals surface area contributed by atoms with Gasteiger partial charge in [0.1, 0.15) is 0 Å². The molecule has 3 unspecified atom stereocenters. The van der Waals surface area contributed by atoms with Crippen LogP contribution < -0.4 is 10.6 Å². The quantitative estimate of drug-likeness (QED) is 0.750. The fourth-order valence-corrected chi connectivity index (χ4v) is 5.10. The lowest BCUT2D eigenvalue weighted by Crippen LogP contribution is -2.48. The number of hydrogen-bond acceptors (Lipinski definition) is 3. The molecule has 3 nitrogen and oxygen atoms in total. The maximum absolute atomic E-state index is 12.9. The van der Waals surface area contributed by atoms with Crippen LogP contribution in [0.5, 0.6) is 0 Å². The van der Waals surface area contributed by atoms with Crippen molar-refractivity contribution in [2.75, 3.05) is 6.54 Å². The average Bonchev–Trinajstić information content (AvgIpc) is 3.37. The van der Waals surface area contributed by atoms with E-state index in [1.165, 1.54) is 17.2 Å². The number of carbonyl (C=O) groups is 1. The maximum atomic E-state index is 12.9. The molecule has 2 aromatic carbocycles. The highest BCUT2D eigenvalue weighted by Crippen LogP contribution is 2.32. The van der Waals surface area contributed by atoms with Crippen molar-refractivity contribution in [2.45, 2.75) is 24.9 Å². The molecule has 2 fully saturated rings. The van der Waals surface area contributed by atoms with Crippen LogP contribution in [-0.4, -0.2) is 24.5 Å². The van der Waals surface area contributed by atoms with E-state index in [1.54, 1.807) is 11.3 Å². The number of amides is 1. The molecule has 2 bridgehead atoms. The molecule has 2 aliphatic rings. The van der Waals surface area contributed by atoms with Crippen molar-refractivity contribution in [1.29, 1.82) is 0 Å². The summed E-state index contributed by atoms with van der Waals surface area (Å²) in [5.74, 6) is 0.770. The second kappa shape index (κ2) is 5.97. The number of nitrogens with one attached hydrogen (secondary N) is 2. The maximum Gasteiger partial charge on any atom is 0.252 e. The summed E-state index contributed by atoms with van der Waals surface area (Å²) in [7, 11) is 0. The average molecular weight is 348 g/mol. The van der Waals surface area contributed by atoms with Gasteiger partial charge in [-0.15, -0.1) is 0 Å². The van der Waals surface area contributed by atoms with Gasteiger partial charge in [-0.05, 0) is 70.1 Å². The van der Waals surface area contributed by atoms with Crippen LogP contribution in [0.15, 0.2) is 53.2 Å². The Morgan fingerprint density at radius 2 is 1.96 bits per heavy atom. The van der Waals surface area contributed by atoms with Crippen molar-refractivity contribution in [1.82, 2.24) is 10.6 Å². The van der Waals surface area contributed by atoms with Crippen LogP contribution in [-0.2, 0) is 0 Å². The summed E-state index contributed by atoms with van der Waals surface area (Å²) >= 11 is 1.71. The van der Waals surface area contributed by atoms with Crippen LogP contribution in [0.3, 0.4) is 0 Å². The van der Waals surface area contributed by atoms with Crippen LogP contribution in [0.2, 0.25) is 0 Å². The first-order chi connectivity index (χ1) is 12.3. The highest BCUT2D eigenvalue weighted by Gasteiger charge is 2.40. The molecule has 1 aromatic heterocycles. The summed E-state index contributed by atoms with van der Waals surface area (Å²) in [6.45, 7) is 1.11. The molecule has 4 heteroatoms. The van der Waals surface area contributed by atoms with E-state index in [4.69, 9.17) is 0 Å². The zero-order chi connectivity index (χ0) is 16.8. The van der Waals surface area contributed by atoms with Gasteiger partial charge in [-0.2, -0.15) is 11.3 Å². The Hall–Kier alpha value is -2.17. The monoisotopic (exact) mass is 348 g/mol. The molecule has 0 radical (unpaired) electrons. The van der Waals surface area contributed by atoms with Crippen molar-refractivity contribution in [3.63, 3.8) is 0 Å². The molecule has 1 aliphatic heterocycles. The first-order valence-electron chi connectivity index (χ1n) is 8.87. The minimum atomic E-state index is 0.0420. The number of fused-ring (bicyclic) bond motifs is 3. The Morgan fingerprint density at radius 3 is 2.80 bits per heavy atom. The molecule has 25 heavy (non-hydrogen) atoms. The Balaban J connectivity index is 1.46. The molecule has 3 aromatic rings. The summed E-state index contributed by atoms with van der Waals surface area (Å²) in [6, 6.07) is 15.1. The van der Waals surface area contributed by atoms with E-state index in [2.05, 4.69) is 39.6 Å². The first-order valence-corrected chi connectivity index (χ1v) is 9.82. The van der Waals surface area contributed by atoms with E-state index < -0.39 is 0 Å². The predicted octanol–water partition coefficient (Wildman–Crippen LogP) is 4.05. The second-order valence-corrected chi connectivity index (χ2v) is 7.94. The van der Waals surface area contributed by atoms with E-state index in [0.29, 0.717) is 6.04 Å². The molecule has 126 valence electrons. The lowest BCUT2D eigenvalue weighted by Gasteiger charge is -2.24. The Labute approximate surface area is 151 Å². The van der Waals surface area contributed by atoms with Gasteiger partial charge in [0, 0.05) is 17.6 Å². The zero-order valence-corrected chi connectivity index (χ0v) is 14.7. The Morgan fingerprint density at radius 1 is 1.08 bits per heavy atom. The van der Waals surface area contributed by atoms with Gasteiger partial charge in [0.05, 0.1) is 0 Å². The summed E-state index contributed by atoms with van der Waals surface area (Å²) < 4.78 is 0. The molecule has 0 spiro atoms. The van der Waals surface area contributed by atoms with E-state index in [9.17, 15) is 4.79 Å². The van der Waals surface area contributed by atoms with Gasteiger partial charge in [0.25, 0.3) is 5.91 Å². The molecule has 3 atom stereocenters. The third-order valence-corrected chi connectivity index (χ3v) is 6.38. The number of benzene rings is 2. The van der Waals surface area contributed by atoms with Gasteiger partial charge in [0.2, 0.25) is 0 Å². The third kappa shape index (κ3) is 2.66. The molecule has 2 N–H and O–H groups in total. The topological polar surface area (TPSA) is 41.1 Å². The van der Waals surface area contributed by atoms with Crippen LogP contribution in [0.4, 0.5) is 0 Å². The molecular weight excluding hydrogens is 328 g/mol. The van der Waals surface area contributed by atoms with Gasteiger partial charge < -0.3 is 10.6 Å². The molecule has 1 amide bonds. The van der Waals surface area contributed by atoms with Gasteiger partial charge in [0.15, 0.2) is 0 Å². The number of thiophene rings is 1. The molecule has 2 heterocycles. The smallest absolute Gasteiger partial charge is 0.252 e. The van der Waals surface area contributed by atoms with Crippen molar-refractivity contribution >= 4 is 28.0 Å². The van der Waals surface area contributed by atoms with E-state index in [1.807, 2.05) is 24.3 Å². The van der Waals surface area contributed by atoms with Crippen LogP contribution >= 0.6 is 11.3 Å². The lowest BCUT2D eigenvalue weighted by molar-refractivity contribution is 0.0929. The van der Waals surface area contributed by atoms with Crippen LogP contribution in [0, 0.1) is 5.92 Å². The van der Waals surface area contributed by atoms with Crippen molar-refractivity contribution in [3.05, 3.63) is 58.8 Å². The molecule has 5 rings (SSSR count). The van der Waals surface area contributed by atoms with E-state index in [0.717, 1.165) is 35.6 Å². The molecule has 1 saturated carbocycles. The highest BCUT2D eigenvalue weighted by molar-refractivity contribution is 7.09. The SMILES string of the molecule is O=C(NC1CC2CNC1C2)c1ccccc1-c1ccc2cscc2c1. The zero-order valence-electron chi connectivity index (χ0n) is 13.9. The van der Waals surface area contributed by atoms with Crippen molar-refractivity contribution < 1.29 is 4.79 Å². The first kappa shape index (κ1) is 15.1. The number of piperidine rings is 1. The summed E-state index contributed by atoms with van der Waals surface area (Å²) in [5, 5.41) is 13.6. The molecular formula is C21H20N2OS. The Kier molecular flexibility index (Phi) is 3.61. The fraction of sp³-hybridized carbons (Fsp3) is 0.286. The largest absolute Gasteiger partial charge is 0.348 e. The molecule has 1 aliphatic carbocycles. The summed E-state index contributed by atoms with van der Waals surface area (Å²) in [4.78, 5) is 12.9. The van der Waals surface area contributed by atoms with Crippen molar-refractivity contribution in [3.8, 4) is 11.1 Å². The lowest BCUT2D eigenvalue weighted by atomic mass is 9.97. The van der Waals surface area contributed by atoms with Crippen LogP contribution in [0.25, 0.3) is 21.9 Å². The van der Waals surface area contributed by atoms with Gasteiger partial charge >= 0.3 is 0 Å². The normalized spacial score (nSPS) is 24.7. The number of rotatable bonds is 3. The van der Waals surface area contributed by atoms with Crippen molar-refractivity contribution in [2.24, 2.45) is 5.92 Å². The minimum Gasteiger partial charge on any atom is -0.348 e. The summed E-state index contributed by atoms with van der Waals surface area (Å²) in [6.07, 6.45) is 2.30. The number of carbonyl (C=O) groups excluding carboxylic acids is 1. The van der Waals surface area contributed by atoms with Crippen LogP contribution in [0.1, 0.15) is 23.2 Å². The fourth-order valence-electron chi connectivity index (χ4n) is 4.32. The molecule has 1 saturated heterocycles. The third-order valence-electron chi connectivity index (χ3n) is 5.60. The summed E-state index contributed by atoms with van der Waals surface area (Å²) in [5.41, 5.74) is 2.87. The Bertz CT molecular complexity index is 948. The number of hydrogen-bond donors (Lipinski definition) is 2. The standard InChI is InChI=1S/C21H20N2OS/c24-21(23-20-8-13-7-19(20)22-10-13)18-4-2-1-3-17(18)14-5-6-15-11-25-12-16(15)9-14/h1-6,9,11-13,19-20,22H,7-8,10H2,(H,23,24). The van der Waals surface area contributed by atoms with Gasteiger partial charge in [-0.1, -0.05) is 30.3 Å². The predicted molar refractivity (Wildman–Crippen MR) is 103 cm³/mol. The van der Waals surface area contributed by atoms with Gasteiger partial charge in [-0.25, -0.2) is 0 Å². The van der Waals surface area contributed by atoms with E-state index in [-0.39, 0.29) is 11.9 Å². The highest BCUT2D eigenvalue weighted by atomic mass is 32.1. The second-order valence-electron chi connectivity index (χ2n) is 7.19.